The van der Waals surface area contributed by atoms with Gasteiger partial charge < -0.3 is 10.0 Å². The van der Waals surface area contributed by atoms with Crippen LogP contribution in [0.25, 0.3) is 0 Å². The van der Waals surface area contributed by atoms with E-state index in [2.05, 4.69) is 0 Å². The minimum absolute atomic E-state index is 0.553. The summed E-state index contributed by atoms with van der Waals surface area (Å²) in [5.74, 6) is -0.909. The molecule has 0 saturated carbocycles. The molecule has 1 aliphatic heterocycles. The molecule has 1 fully saturated rings. The normalized spacial score (nSPS) is 24.9. The van der Waals surface area contributed by atoms with Gasteiger partial charge in [-0.25, -0.2) is 4.79 Å². The molecule has 1 aliphatic rings. The SMILES string of the molecule is O=CN1CCC1C(=O)O. The fourth-order valence-corrected chi connectivity index (χ4v) is 0.799. The van der Waals surface area contributed by atoms with Gasteiger partial charge in [-0.3, -0.25) is 4.79 Å². The Morgan fingerprint density at radius 2 is 2.44 bits per heavy atom. The summed E-state index contributed by atoms with van der Waals surface area (Å²) in [5.41, 5.74) is 0. The largest absolute Gasteiger partial charge is 0.480 e. The topological polar surface area (TPSA) is 57.6 Å². The van der Waals surface area contributed by atoms with Crippen LogP contribution < -0.4 is 0 Å². The molecule has 1 heterocycles. The Morgan fingerprint density at radius 3 is 2.56 bits per heavy atom. The van der Waals surface area contributed by atoms with E-state index in [0.717, 1.165) is 0 Å². The minimum atomic E-state index is -0.909. The van der Waals surface area contributed by atoms with Crippen molar-refractivity contribution in [3.05, 3.63) is 0 Å². The average Bonchev–Trinajstić information content (AvgIpc) is 1.61. The highest BCUT2D eigenvalue weighted by atomic mass is 16.4. The summed E-state index contributed by atoms with van der Waals surface area (Å²) in [4.78, 5) is 21.4. The Kier molecular flexibility index (Phi) is 1.38. The number of carbonyl (C=O) groups is 2. The first-order valence-corrected chi connectivity index (χ1v) is 2.69. The first-order chi connectivity index (χ1) is 4.25. The number of hydrogen-bond donors (Lipinski definition) is 1. The van der Waals surface area contributed by atoms with Crippen LogP contribution in [0, 0.1) is 0 Å². The zero-order valence-electron chi connectivity index (χ0n) is 4.78. The van der Waals surface area contributed by atoms with Crippen LogP contribution in [0.3, 0.4) is 0 Å². The van der Waals surface area contributed by atoms with Crippen molar-refractivity contribution in [2.75, 3.05) is 6.54 Å². The van der Waals surface area contributed by atoms with Crippen LogP contribution in [0.4, 0.5) is 0 Å². The van der Waals surface area contributed by atoms with Gasteiger partial charge in [0.25, 0.3) is 0 Å². The quantitative estimate of drug-likeness (QED) is 0.501. The second-order valence-corrected chi connectivity index (χ2v) is 1.99. The molecule has 0 bridgehead atoms. The van der Waals surface area contributed by atoms with E-state index in [1.54, 1.807) is 0 Å². The lowest BCUT2D eigenvalue weighted by molar-refractivity contribution is -0.152. The molecule has 4 heteroatoms. The second kappa shape index (κ2) is 2.05. The summed E-state index contributed by atoms with van der Waals surface area (Å²) in [7, 11) is 0. The van der Waals surface area contributed by atoms with Crippen molar-refractivity contribution in [1.82, 2.24) is 4.90 Å². The molecule has 1 amide bonds. The summed E-state index contributed by atoms with van der Waals surface area (Å²) < 4.78 is 0. The van der Waals surface area contributed by atoms with Gasteiger partial charge in [0.2, 0.25) is 6.41 Å². The van der Waals surface area contributed by atoms with Gasteiger partial charge in [0, 0.05) is 6.54 Å². The van der Waals surface area contributed by atoms with Crippen LogP contribution in [-0.4, -0.2) is 35.0 Å². The van der Waals surface area contributed by atoms with Crippen LogP contribution in [0.5, 0.6) is 0 Å². The van der Waals surface area contributed by atoms with Crippen molar-refractivity contribution in [1.29, 1.82) is 0 Å². The Bertz CT molecular complexity index is 145. The zero-order valence-corrected chi connectivity index (χ0v) is 4.78. The lowest BCUT2D eigenvalue weighted by atomic mass is 10.1. The maximum absolute atomic E-state index is 10.2. The Hall–Kier alpha value is -1.06. The molecule has 1 N–H and O–H groups in total. The minimum Gasteiger partial charge on any atom is -0.480 e. The number of likely N-dealkylation sites (tertiary alicyclic amines) is 1. The highest BCUT2D eigenvalue weighted by Gasteiger charge is 2.32. The molecule has 1 unspecified atom stereocenters. The molecule has 1 saturated heterocycles. The highest BCUT2D eigenvalue weighted by Crippen LogP contribution is 2.13. The van der Waals surface area contributed by atoms with Gasteiger partial charge in [0.05, 0.1) is 0 Å². The van der Waals surface area contributed by atoms with Crippen LogP contribution in [0.1, 0.15) is 6.42 Å². The van der Waals surface area contributed by atoms with Crippen molar-refractivity contribution in [3.8, 4) is 0 Å². The summed E-state index contributed by atoms with van der Waals surface area (Å²) in [6.45, 7) is 0.584. The second-order valence-electron chi connectivity index (χ2n) is 1.99. The van der Waals surface area contributed by atoms with Crippen LogP contribution in [-0.2, 0) is 9.59 Å². The fourth-order valence-electron chi connectivity index (χ4n) is 0.799. The van der Waals surface area contributed by atoms with Gasteiger partial charge in [0.15, 0.2) is 0 Å². The number of aliphatic carboxylic acids is 1. The van der Waals surface area contributed by atoms with Gasteiger partial charge in [-0.1, -0.05) is 0 Å². The van der Waals surface area contributed by atoms with E-state index < -0.39 is 12.0 Å². The molecule has 0 spiro atoms. The zero-order chi connectivity index (χ0) is 6.85. The molecule has 0 radical (unpaired) electrons. The van der Waals surface area contributed by atoms with E-state index >= 15 is 0 Å². The van der Waals surface area contributed by atoms with Gasteiger partial charge in [0.1, 0.15) is 6.04 Å². The van der Waals surface area contributed by atoms with E-state index in [1.807, 2.05) is 0 Å². The highest BCUT2D eigenvalue weighted by molar-refractivity contribution is 5.77. The van der Waals surface area contributed by atoms with Crippen LogP contribution >= 0.6 is 0 Å². The summed E-state index contributed by atoms with van der Waals surface area (Å²) in [5, 5.41) is 8.33. The lowest BCUT2D eigenvalue weighted by Gasteiger charge is -2.34. The summed E-state index contributed by atoms with van der Waals surface area (Å²) in [6, 6.07) is -0.553. The third-order valence-corrected chi connectivity index (χ3v) is 1.48. The molecule has 0 aliphatic carbocycles. The predicted molar refractivity (Wildman–Crippen MR) is 28.8 cm³/mol. The molecule has 0 aromatic heterocycles. The summed E-state index contributed by atoms with van der Waals surface area (Å²) >= 11 is 0. The monoisotopic (exact) mass is 129 g/mol. The van der Waals surface area contributed by atoms with E-state index in [1.165, 1.54) is 4.90 Å². The number of carboxylic acid groups (broad SMARTS) is 1. The van der Waals surface area contributed by atoms with E-state index in [-0.39, 0.29) is 0 Å². The van der Waals surface area contributed by atoms with Gasteiger partial charge in [-0.2, -0.15) is 0 Å². The van der Waals surface area contributed by atoms with Crippen molar-refractivity contribution >= 4 is 12.4 Å². The van der Waals surface area contributed by atoms with Gasteiger partial charge >= 0.3 is 5.97 Å². The number of amides is 1. The average molecular weight is 129 g/mol. The Labute approximate surface area is 52.1 Å². The molecule has 1 atom stereocenters. The molecular weight excluding hydrogens is 122 g/mol. The van der Waals surface area contributed by atoms with Gasteiger partial charge in [-0.05, 0) is 6.42 Å². The number of carbonyl (C=O) groups excluding carboxylic acids is 1. The van der Waals surface area contributed by atoms with E-state index in [4.69, 9.17) is 5.11 Å². The number of nitrogens with zero attached hydrogens (tertiary/aromatic N) is 1. The van der Waals surface area contributed by atoms with Crippen molar-refractivity contribution in [3.63, 3.8) is 0 Å². The first kappa shape index (κ1) is 6.07. The lowest BCUT2D eigenvalue weighted by Crippen LogP contribution is -2.51. The third kappa shape index (κ3) is 0.872. The maximum Gasteiger partial charge on any atom is 0.326 e. The van der Waals surface area contributed by atoms with E-state index in [0.29, 0.717) is 19.4 Å². The number of rotatable bonds is 2. The third-order valence-electron chi connectivity index (χ3n) is 1.48. The number of carboxylic acids is 1. The molecular formula is C5H7NO3. The number of hydrogen-bond acceptors (Lipinski definition) is 2. The Balaban J connectivity index is 2.44. The molecule has 4 nitrogen and oxygen atoms in total. The van der Waals surface area contributed by atoms with Crippen LogP contribution in [0.15, 0.2) is 0 Å². The summed E-state index contributed by atoms with van der Waals surface area (Å²) in [6.07, 6.45) is 1.16. The smallest absolute Gasteiger partial charge is 0.326 e. The van der Waals surface area contributed by atoms with Gasteiger partial charge in [-0.15, -0.1) is 0 Å². The van der Waals surface area contributed by atoms with Crippen molar-refractivity contribution < 1.29 is 14.7 Å². The Morgan fingerprint density at radius 1 is 1.78 bits per heavy atom. The van der Waals surface area contributed by atoms with Crippen molar-refractivity contribution in [2.45, 2.75) is 12.5 Å². The van der Waals surface area contributed by atoms with Crippen LogP contribution in [0.2, 0.25) is 0 Å². The predicted octanol–water partition coefficient (Wildman–Crippen LogP) is -0.698. The standard InChI is InChI=1S/C5H7NO3/c7-3-6-2-1-4(6)5(8)9/h3-4H,1-2H2,(H,8,9). The molecule has 0 aromatic rings. The first-order valence-electron chi connectivity index (χ1n) is 2.69. The molecule has 0 aromatic carbocycles. The maximum atomic E-state index is 10.2. The molecule has 9 heavy (non-hydrogen) atoms. The molecule has 1 rings (SSSR count). The molecule has 50 valence electrons. The van der Waals surface area contributed by atoms with E-state index in [9.17, 15) is 9.59 Å². The fraction of sp³-hybridized carbons (Fsp3) is 0.600. The van der Waals surface area contributed by atoms with Crippen molar-refractivity contribution in [2.24, 2.45) is 0 Å².